The van der Waals surface area contributed by atoms with Gasteiger partial charge < -0.3 is 5.11 Å². The quantitative estimate of drug-likeness (QED) is 0.906. The number of aromatic nitrogens is 3. The van der Waals surface area contributed by atoms with Crippen molar-refractivity contribution in [2.45, 2.75) is 0 Å². The number of halogens is 1. The number of hydrogen-bond acceptors (Lipinski definition) is 4. The van der Waals surface area contributed by atoms with Gasteiger partial charge in [-0.15, -0.1) is 16.4 Å². The number of carboxylic acid groups (broad SMARTS) is 1. The van der Waals surface area contributed by atoms with E-state index in [2.05, 4.69) is 26.2 Å². The molecule has 0 aliphatic heterocycles. The predicted octanol–water partition coefficient (Wildman–Crippen LogP) is 1.79. The summed E-state index contributed by atoms with van der Waals surface area (Å²) in [6, 6.07) is 3.60. The molecule has 2 rings (SSSR count). The highest BCUT2D eigenvalue weighted by molar-refractivity contribution is 9.11. The van der Waals surface area contributed by atoms with E-state index in [-0.39, 0.29) is 5.69 Å². The minimum atomic E-state index is -1.04. The van der Waals surface area contributed by atoms with Gasteiger partial charge >= 0.3 is 5.97 Å². The van der Waals surface area contributed by atoms with E-state index in [0.29, 0.717) is 5.00 Å². The van der Waals surface area contributed by atoms with Crippen LogP contribution in [0.2, 0.25) is 0 Å². The van der Waals surface area contributed by atoms with Gasteiger partial charge in [0.25, 0.3) is 0 Å². The summed E-state index contributed by atoms with van der Waals surface area (Å²) in [5.74, 6) is -1.04. The van der Waals surface area contributed by atoms with Crippen molar-refractivity contribution < 1.29 is 9.90 Å². The Bertz CT molecular complexity index is 479. The fraction of sp³-hybridized carbons (Fsp3) is 0. The summed E-state index contributed by atoms with van der Waals surface area (Å²) >= 11 is 4.68. The average Bonchev–Trinajstić information content (AvgIpc) is 2.70. The molecule has 1 N–H and O–H groups in total. The molecule has 5 nitrogen and oxygen atoms in total. The third-order valence-electron chi connectivity index (χ3n) is 1.54. The van der Waals surface area contributed by atoms with Crippen LogP contribution in [0.1, 0.15) is 10.5 Å². The smallest absolute Gasteiger partial charge is 0.356 e. The minimum Gasteiger partial charge on any atom is -0.476 e. The Balaban J connectivity index is 2.51. The van der Waals surface area contributed by atoms with Crippen LogP contribution in [0.25, 0.3) is 5.00 Å². The van der Waals surface area contributed by atoms with Gasteiger partial charge in [0.15, 0.2) is 5.69 Å². The second kappa shape index (κ2) is 3.50. The molecule has 2 heterocycles. The maximum absolute atomic E-state index is 10.8. The van der Waals surface area contributed by atoms with Gasteiger partial charge in [-0.1, -0.05) is 5.21 Å². The zero-order valence-electron chi connectivity index (χ0n) is 6.72. The maximum atomic E-state index is 10.8. The first kappa shape index (κ1) is 9.35. The summed E-state index contributed by atoms with van der Waals surface area (Å²) in [5.41, 5.74) is 0.0550. The summed E-state index contributed by atoms with van der Waals surface area (Å²) in [5, 5.41) is 16.8. The Hall–Kier alpha value is -1.21. The van der Waals surface area contributed by atoms with Gasteiger partial charge in [0, 0.05) is 0 Å². The van der Waals surface area contributed by atoms with E-state index in [4.69, 9.17) is 5.11 Å². The van der Waals surface area contributed by atoms with Crippen LogP contribution in [0, 0.1) is 0 Å². The summed E-state index contributed by atoms with van der Waals surface area (Å²) < 4.78 is 2.21. The van der Waals surface area contributed by atoms with E-state index >= 15 is 0 Å². The molecule has 14 heavy (non-hydrogen) atoms. The van der Waals surface area contributed by atoms with Crippen molar-refractivity contribution in [3.8, 4) is 5.00 Å². The standard InChI is InChI=1S/C7H4BrN3O2S/c8-5-1-2-6(14-5)11-4(7(12)13)3-9-10-11/h1-3H,(H,12,13). The molecule has 0 aliphatic rings. The molecule has 0 bridgehead atoms. The summed E-state index contributed by atoms with van der Waals surface area (Å²) in [6.45, 7) is 0. The number of thiophene rings is 1. The van der Waals surface area contributed by atoms with Crippen LogP contribution in [0.3, 0.4) is 0 Å². The molecule has 72 valence electrons. The van der Waals surface area contributed by atoms with E-state index in [9.17, 15) is 4.79 Å². The number of nitrogens with zero attached hydrogens (tertiary/aromatic N) is 3. The summed E-state index contributed by atoms with van der Waals surface area (Å²) in [7, 11) is 0. The van der Waals surface area contributed by atoms with Gasteiger partial charge in [-0.25, -0.2) is 4.79 Å². The van der Waals surface area contributed by atoms with Crippen molar-refractivity contribution in [3.05, 3.63) is 27.8 Å². The number of hydrogen-bond donors (Lipinski definition) is 1. The number of rotatable bonds is 2. The lowest BCUT2D eigenvalue weighted by molar-refractivity contribution is 0.0687. The van der Waals surface area contributed by atoms with Crippen molar-refractivity contribution in [1.82, 2.24) is 15.0 Å². The number of aromatic carboxylic acids is 1. The van der Waals surface area contributed by atoms with Crippen LogP contribution in [0.5, 0.6) is 0 Å². The average molecular weight is 274 g/mol. The Labute approximate surface area is 91.1 Å². The third kappa shape index (κ3) is 1.55. The highest BCUT2D eigenvalue weighted by atomic mass is 79.9. The Morgan fingerprint density at radius 2 is 2.36 bits per heavy atom. The molecule has 0 atom stereocenters. The molecule has 2 aromatic rings. The molecule has 0 spiro atoms. The Morgan fingerprint density at radius 1 is 1.57 bits per heavy atom. The lowest BCUT2D eigenvalue weighted by Gasteiger charge is -1.96. The number of carboxylic acids is 1. The number of carbonyl (C=O) groups is 1. The van der Waals surface area contributed by atoms with E-state index in [1.807, 2.05) is 6.07 Å². The zero-order valence-corrected chi connectivity index (χ0v) is 9.12. The molecule has 0 fully saturated rings. The lowest BCUT2D eigenvalue weighted by Crippen LogP contribution is -2.06. The van der Waals surface area contributed by atoms with Crippen LogP contribution in [0.4, 0.5) is 0 Å². The van der Waals surface area contributed by atoms with E-state index in [1.54, 1.807) is 6.07 Å². The molecule has 0 unspecified atom stereocenters. The van der Waals surface area contributed by atoms with Gasteiger partial charge in [0.2, 0.25) is 0 Å². The molecule has 0 aromatic carbocycles. The summed E-state index contributed by atoms with van der Waals surface area (Å²) in [4.78, 5) is 10.8. The van der Waals surface area contributed by atoms with Gasteiger partial charge in [-0.05, 0) is 28.1 Å². The van der Waals surface area contributed by atoms with Gasteiger partial charge in [0.05, 0.1) is 9.98 Å². The highest BCUT2D eigenvalue weighted by Gasteiger charge is 2.13. The molecule has 7 heteroatoms. The Kier molecular flexibility index (Phi) is 2.34. The van der Waals surface area contributed by atoms with E-state index in [0.717, 1.165) is 3.79 Å². The summed E-state index contributed by atoms with van der Waals surface area (Å²) in [6.07, 6.45) is 1.22. The molecular weight excluding hydrogens is 270 g/mol. The third-order valence-corrected chi connectivity index (χ3v) is 3.14. The zero-order chi connectivity index (χ0) is 10.1. The fourth-order valence-electron chi connectivity index (χ4n) is 0.962. The van der Waals surface area contributed by atoms with Gasteiger partial charge in [-0.3, -0.25) is 0 Å². The largest absolute Gasteiger partial charge is 0.476 e. The molecule has 0 saturated carbocycles. The molecule has 0 amide bonds. The van der Waals surface area contributed by atoms with Crippen LogP contribution in [-0.2, 0) is 0 Å². The molecule has 0 aliphatic carbocycles. The van der Waals surface area contributed by atoms with Crippen LogP contribution in [-0.4, -0.2) is 26.1 Å². The molecular formula is C7H4BrN3O2S. The predicted molar refractivity (Wildman–Crippen MR) is 53.9 cm³/mol. The van der Waals surface area contributed by atoms with Crippen LogP contribution in [0.15, 0.2) is 22.1 Å². The highest BCUT2D eigenvalue weighted by Crippen LogP contribution is 2.25. The van der Waals surface area contributed by atoms with Crippen molar-refractivity contribution in [1.29, 1.82) is 0 Å². The second-order valence-electron chi connectivity index (χ2n) is 2.41. The van der Waals surface area contributed by atoms with Crippen molar-refractivity contribution >= 4 is 33.2 Å². The topological polar surface area (TPSA) is 68.0 Å². The first-order chi connectivity index (χ1) is 6.68. The normalized spacial score (nSPS) is 10.4. The molecule has 0 radical (unpaired) electrons. The van der Waals surface area contributed by atoms with Crippen molar-refractivity contribution in [3.63, 3.8) is 0 Å². The first-order valence-corrected chi connectivity index (χ1v) is 5.19. The van der Waals surface area contributed by atoms with Crippen molar-refractivity contribution in [2.75, 3.05) is 0 Å². The lowest BCUT2D eigenvalue weighted by atomic mass is 10.5. The maximum Gasteiger partial charge on any atom is 0.356 e. The SMILES string of the molecule is O=C(O)c1cnnn1-c1ccc(Br)s1. The Morgan fingerprint density at radius 3 is 2.93 bits per heavy atom. The molecule has 0 saturated heterocycles. The first-order valence-electron chi connectivity index (χ1n) is 3.58. The molecule has 2 aromatic heterocycles. The van der Waals surface area contributed by atoms with Gasteiger partial charge in [-0.2, -0.15) is 4.68 Å². The van der Waals surface area contributed by atoms with Gasteiger partial charge in [0.1, 0.15) is 5.00 Å². The van der Waals surface area contributed by atoms with Crippen molar-refractivity contribution in [2.24, 2.45) is 0 Å². The minimum absolute atomic E-state index is 0.0550. The fourth-order valence-corrected chi connectivity index (χ4v) is 2.29. The van der Waals surface area contributed by atoms with E-state index in [1.165, 1.54) is 22.2 Å². The van der Waals surface area contributed by atoms with Crippen LogP contribution >= 0.6 is 27.3 Å². The second-order valence-corrected chi connectivity index (χ2v) is 4.86. The monoisotopic (exact) mass is 273 g/mol. The van der Waals surface area contributed by atoms with Crippen LogP contribution < -0.4 is 0 Å². The van der Waals surface area contributed by atoms with E-state index < -0.39 is 5.97 Å².